The summed E-state index contributed by atoms with van der Waals surface area (Å²) in [5, 5.41) is 6.27. The summed E-state index contributed by atoms with van der Waals surface area (Å²) < 4.78 is 5.65. The van der Waals surface area contributed by atoms with E-state index in [1.54, 1.807) is 19.1 Å². The fourth-order valence-corrected chi connectivity index (χ4v) is 2.72. The number of benzene rings is 2. The first-order valence-electron chi connectivity index (χ1n) is 8.83. The van der Waals surface area contributed by atoms with Gasteiger partial charge in [-0.2, -0.15) is 0 Å². The average Bonchev–Trinajstić information content (AvgIpc) is 2.64. The summed E-state index contributed by atoms with van der Waals surface area (Å²) in [7, 11) is 0. The number of nitroso groups, excluding NO2 is 1. The number of ether oxygens (including phenoxy) is 1. The number of anilines is 1. The minimum atomic E-state index is -0.390. The first-order valence-corrected chi connectivity index (χ1v) is 9.24. The first-order chi connectivity index (χ1) is 13.3. The van der Waals surface area contributed by atoms with Crippen molar-refractivity contribution in [1.29, 1.82) is 0 Å². The molecule has 0 saturated heterocycles. The summed E-state index contributed by atoms with van der Waals surface area (Å²) in [5.74, 6) is 0.275. The second kappa shape index (κ2) is 9.80. The van der Waals surface area contributed by atoms with Crippen LogP contribution in [0.1, 0.15) is 36.5 Å². The van der Waals surface area contributed by atoms with Crippen molar-refractivity contribution in [2.24, 2.45) is 5.18 Å². The highest BCUT2D eigenvalue weighted by Crippen LogP contribution is 2.33. The van der Waals surface area contributed by atoms with E-state index >= 15 is 0 Å². The summed E-state index contributed by atoms with van der Waals surface area (Å²) in [6.07, 6.45) is 0. The molecule has 0 atom stereocenters. The van der Waals surface area contributed by atoms with Gasteiger partial charge in [-0.25, -0.2) is 0 Å². The van der Waals surface area contributed by atoms with Gasteiger partial charge in [-0.1, -0.05) is 26.0 Å². The third kappa shape index (κ3) is 6.02. The molecule has 0 spiro atoms. The highest BCUT2D eigenvalue weighted by Gasteiger charge is 2.14. The van der Waals surface area contributed by atoms with Crippen LogP contribution in [0.4, 0.5) is 11.4 Å². The van der Waals surface area contributed by atoms with Gasteiger partial charge in [-0.3, -0.25) is 15.6 Å². The van der Waals surface area contributed by atoms with Gasteiger partial charge in [0.15, 0.2) is 11.7 Å². The molecule has 3 N–H and O–H groups in total. The second-order valence-electron chi connectivity index (χ2n) is 6.71. The van der Waals surface area contributed by atoms with E-state index in [-0.39, 0.29) is 17.6 Å². The number of rotatable bonds is 6. The monoisotopic (exact) mass is 400 g/mol. The Morgan fingerprint density at radius 2 is 1.93 bits per heavy atom. The summed E-state index contributed by atoms with van der Waals surface area (Å²) in [6.45, 7) is 7.50. The molecule has 2 rings (SSSR count). The normalized spacial score (nSPS) is 10.3. The molecule has 0 aromatic heterocycles. The van der Waals surface area contributed by atoms with Crippen LogP contribution < -0.4 is 20.9 Å². The molecule has 7 nitrogen and oxygen atoms in total. The number of amides is 1. The molecule has 0 bridgehead atoms. The minimum absolute atomic E-state index is 0.114. The maximum absolute atomic E-state index is 12.1. The van der Waals surface area contributed by atoms with E-state index in [1.165, 1.54) is 0 Å². The number of hydrogen-bond donors (Lipinski definition) is 3. The van der Waals surface area contributed by atoms with Crippen LogP contribution in [0.15, 0.2) is 41.6 Å². The number of nitrogens with one attached hydrogen (secondary N) is 3. The van der Waals surface area contributed by atoms with Crippen LogP contribution in [0.5, 0.6) is 5.75 Å². The van der Waals surface area contributed by atoms with E-state index < -0.39 is 5.91 Å². The van der Waals surface area contributed by atoms with Gasteiger partial charge in [-0.15, -0.1) is 4.91 Å². The molecule has 8 heteroatoms. The molecule has 0 aliphatic carbocycles. The van der Waals surface area contributed by atoms with Crippen molar-refractivity contribution < 1.29 is 9.53 Å². The van der Waals surface area contributed by atoms with Crippen LogP contribution in [0, 0.1) is 18.8 Å². The van der Waals surface area contributed by atoms with Gasteiger partial charge in [0.05, 0.1) is 0 Å². The van der Waals surface area contributed by atoms with Crippen LogP contribution in [0.2, 0.25) is 0 Å². The standard InChI is InChI=1S/C20H24N4O3S/c1-12(2)16-10-17(24-26)14(4)9-18(16)27-11-19(25)22-23-20(28)21-15-7-5-6-13(3)8-15/h5-10,12H,11H2,1-4H3,(H,22,25)(H2,21,23,28). The van der Waals surface area contributed by atoms with Crippen LogP contribution in [0.25, 0.3) is 0 Å². The fourth-order valence-electron chi connectivity index (χ4n) is 2.55. The van der Waals surface area contributed by atoms with Crippen molar-refractivity contribution in [2.45, 2.75) is 33.6 Å². The van der Waals surface area contributed by atoms with Gasteiger partial charge >= 0.3 is 0 Å². The van der Waals surface area contributed by atoms with E-state index in [2.05, 4.69) is 21.3 Å². The Morgan fingerprint density at radius 1 is 1.18 bits per heavy atom. The molecule has 0 unspecified atom stereocenters. The maximum Gasteiger partial charge on any atom is 0.276 e. The zero-order valence-electron chi connectivity index (χ0n) is 16.3. The Bertz CT molecular complexity index is 884. The summed E-state index contributed by atoms with van der Waals surface area (Å²) in [5.41, 5.74) is 8.92. The zero-order valence-corrected chi connectivity index (χ0v) is 17.1. The van der Waals surface area contributed by atoms with Crippen molar-refractivity contribution in [3.8, 4) is 5.75 Å². The third-order valence-corrected chi connectivity index (χ3v) is 4.20. The molecular weight excluding hydrogens is 376 g/mol. The molecular formula is C20H24N4O3S. The van der Waals surface area contributed by atoms with Gasteiger partial charge in [0, 0.05) is 5.69 Å². The molecule has 148 valence electrons. The van der Waals surface area contributed by atoms with E-state index in [0.717, 1.165) is 16.8 Å². The lowest BCUT2D eigenvalue weighted by Crippen LogP contribution is -2.45. The third-order valence-electron chi connectivity index (χ3n) is 4.00. The Morgan fingerprint density at radius 3 is 2.57 bits per heavy atom. The number of hydrogen-bond acceptors (Lipinski definition) is 5. The molecule has 28 heavy (non-hydrogen) atoms. The van der Waals surface area contributed by atoms with Crippen molar-refractivity contribution in [1.82, 2.24) is 10.9 Å². The number of thiocarbonyl (C=S) groups is 1. The summed E-state index contributed by atoms with van der Waals surface area (Å²) in [4.78, 5) is 23.0. The minimum Gasteiger partial charge on any atom is -0.483 e. The number of hydrazine groups is 1. The van der Waals surface area contributed by atoms with Crippen molar-refractivity contribution in [2.75, 3.05) is 11.9 Å². The highest BCUT2D eigenvalue weighted by atomic mass is 32.1. The Labute approximate surface area is 169 Å². The van der Waals surface area contributed by atoms with Crippen LogP contribution in [-0.4, -0.2) is 17.6 Å². The Hall–Kier alpha value is -3.00. The predicted molar refractivity (Wildman–Crippen MR) is 115 cm³/mol. The molecule has 0 aliphatic heterocycles. The van der Waals surface area contributed by atoms with E-state index in [9.17, 15) is 9.70 Å². The summed E-state index contributed by atoms with van der Waals surface area (Å²) >= 11 is 5.16. The maximum atomic E-state index is 12.1. The van der Waals surface area contributed by atoms with Gasteiger partial charge < -0.3 is 10.1 Å². The average molecular weight is 401 g/mol. The highest BCUT2D eigenvalue weighted by molar-refractivity contribution is 7.80. The largest absolute Gasteiger partial charge is 0.483 e. The number of nitrogens with zero attached hydrogens (tertiary/aromatic N) is 1. The topological polar surface area (TPSA) is 91.8 Å². The van der Waals surface area contributed by atoms with Crippen LogP contribution in [-0.2, 0) is 4.79 Å². The molecule has 0 heterocycles. The molecule has 2 aromatic rings. The zero-order chi connectivity index (χ0) is 20.7. The van der Waals surface area contributed by atoms with Crippen LogP contribution >= 0.6 is 12.2 Å². The second-order valence-corrected chi connectivity index (χ2v) is 7.12. The molecule has 0 aliphatic rings. The SMILES string of the molecule is Cc1cccc(NC(=S)NNC(=O)COc2cc(C)c(N=O)cc2C(C)C)c1. The summed E-state index contributed by atoms with van der Waals surface area (Å²) in [6, 6.07) is 11.1. The van der Waals surface area contributed by atoms with Gasteiger partial charge in [0.2, 0.25) is 0 Å². The van der Waals surface area contributed by atoms with E-state index in [0.29, 0.717) is 17.0 Å². The number of carbonyl (C=O) groups is 1. The van der Waals surface area contributed by atoms with Gasteiger partial charge in [0.25, 0.3) is 5.91 Å². The molecule has 2 aromatic carbocycles. The van der Waals surface area contributed by atoms with Crippen molar-refractivity contribution in [3.05, 3.63) is 58.0 Å². The Balaban J connectivity index is 1.89. The van der Waals surface area contributed by atoms with Gasteiger partial charge in [0.1, 0.15) is 11.4 Å². The predicted octanol–water partition coefficient (Wildman–Crippen LogP) is 4.22. The molecule has 0 saturated carbocycles. The lowest BCUT2D eigenvalue weighted by Gasteiger charge is -2.16. The number of carbonyl (C=O) groups excluding carboxylic acids is 1. The fraction of sp³-hybridized carbons (Fsp3) is 0.300. The van der Waals surface area contributed by atoms with E-state index in [1.807, 2.05) is 45.0 Å². The van der Waals surface area contributed by atoms with Crippen molar-refractivity contribution in [3.63, 3.8) is 0 Å². The molecule has 0 radical (unpaired) electrons. The van der Waals surface area contributed by atoms with Crippen LogP contribution in [0.3, 0.4) is 0 Å². The Kier molecular flexibility index (Phi) is 7.45. The number of aryl methyl sites for hydroxylation is 2. The first kappa shape index (κ1) is 21.3. The lowest BCUT2D eigenvalue weighted by molar-refractivity contribution is -0.123. The lowest BCUT2D eigenvalue weighted by atomic mass is 9.99. The van der Waals surface area contributed by atoms with Crippen molar-refractivity contribution >= 4 is 34.6 Å². The molecule has 1 amide bonds. The molecule has 0 fully saturated rings. The van der Waals surface area contributed by atoms with Gasteiger partial charge in [-0.05, 0) is 78.1 Å². The smallest absolute Gasteiger partial charge is 0.276 e. The van der Waals surface area contributed by atoms with E-state index in [4.69, 9.17) is 17.0 Å². The quantitative estimate of drug-likeness (QED) is 0.382.